The van der Waals surface area contributed by atoms with Crippen LogP contribution < -0.4 is 10.9 Å². The number of amides is 1. The Hall–Kier alpha value is -1.56. The highest BCUT2D eigenvalue weighted by atomic mass is 16.5. The van der Waals surface area contributed by atoms with E-state index in [0.29, 0.717) is 12.1 Å². The first kappa shape index (κ1) is 13.5. The molecule has 0 saturated heterocycles. The number of nitrogens with one attached hydrogen (secondary N) is 2. The second-order valence-electron chi connectivity index (χ2n) is 4.26. The monoisotopic (exact) mass is 241 g/mol. The van der Waals surface area contributed by atoms with Gasteiger partial charge in [0.1, 0.15) is 5.69 Å². The Morgan fingerprint density at radius 3 is 2.65 bits per heavy atom. The Morgan fingerprint density at radius 2 is 2.12 bits per heavy atom. The molecule has 6 heteroatoms. The second kappa shape index (κ2) is 6.24. The Morgan fingerprint density at radius 1 is 1.41 bits per heavy atom. The molecule has 6 nitrogen and oxygen atoms in total. The summed E-state index contributed by atoms with van der Waals surface area (Å²) in [5.74, 6) is -0.293. The minimum Gasteiger partial charge on any atom is -0.351 e. The van der Waals surface area contributed by atoms with Gasteiger partial charge in [-0.15, -0.1) is 0 Å². The van der Waals surface area contributed by atoms with Crippen LogP contribution in [0.4, 0.5) is 0 Å². The van der Waals surface area contributed by atoms with E-state index in [1.165, 1.54) is 0 Å². The first-order chi connectivity index (χ1) is 8.02. The first-order valence-electron chi connectivity index (χ1n) is 5.63. The largest absolute Gasteiger partial charge is 0.360 e. The van der Waals surface area contributed by atoms with Gasteiger partial charge in [-0.3, -0.25) is 4.79 Å². The van der Waals surface area contributed by atoms with Crippen molar-refractivity contribution in [2.24, 2.45) is 0 Å². The van der Waals surface area contributed by atoms with E-state index in [4.69, 9.17) is 0 Å². The molecule has 2 N–H and O–H groups in total. The molecule has 0 saturated carbocycles. The minimum absolute atomic E-state index is 0.211. The summed E-state index contributed by atoms with van der Waals surface area (Å²) in [7, 11) is 4.02. The molecule has 1 amide bonds. The lowest BCUT2D eigenvalue weighted by molar-refractivity contribution is 0.0943. The highest BCUT2D eigenvalue weighted by Crippen LogP contribution is 1.98. The predicted octanol–water partition coefficient (Wildman–Crippen LogP) is 0.348. The number of carbonyl (C=O) groups excluding carboxylic acids is 1. The lowest BCUT2D eigenvalue weighted by Gasteiger charge is -2.09. The van der Waals surface area contributed by atoms with Crippen molar-refractivity contribution in [3.05, 3.63) is 21.7 Å². The summed E-state index contributed by atoms with van der Waals surface area (Å²) in [6.45, 7) is 3.15. The van der Waals surface area contributed by atoms with Crippen LogP contribution in [0.25, 0.3) is 0 Å². The third-order valence-electron chi connectivity index (χ3n) is 2.47. The van der Waals surface area contributed by atoms with Crippen molar-refractivity contribution >= 4 is 5.91 Å². The number of rotatable bonds is 6. The first-order valence-corrected chi connectivity index (χ1v) is 5.63. The maximum absolute atomic E-state index is 11.6. The van der Waals surface area contributed by atoms with Crippen LogP contribution in [0, 0.1) is 6.92 Å². The molecule has 0 aromatic carbocycles. The molecule has 1 aromatic heterocycles. The van der Waals surface area contributed by atoms with Crippen LogP contribution in [-0.4, -0.2) is 43.1 Å². The summed E-state index contributed by atoms with van der Waals surface area (Å²) < 4.78 is 4.53. The highest BCUT2D eigenvalue weighted by Gasteiger charge is 2.14. The van der Waals surface area contributed by atoms with Crippen LogP contribution in [0.2, 0.25) is 0 Å². The number of H-pyrrole nitrogens is 1. The van der Waals surface area contributed by atoms with Crippen LogP contribution in [0.1, 0.15) is 28.9 Å². The Bertz CT molecular complexity index is 420. The van der Waals surface area contributed by atoms with Gasteiger partial charge >= 0.3 is 5.63 Å². The summed E-state index contributed by atoms with van der Waals surface area (Å²) >= 11 is 0. The van der Waals surface area contributed by atoms with Gasteiger partial charge in [0.15, 0.2) is 0 Å². The molecule has 17 heavy (non-hydrogen) atoms. The van der Waals surface area contributed by atoms with E-state index in [-0.39, 0.29) is 11.6 Å². The standard InChI is InChI=1S/C11H19N3O3/c1-8-9(13-17-11(8)16)10(15)12-6-4-5-7-14(2)3/h13H,4-7H2,1-3H3,(H,12,15). The average molecular weight is 241 g/mol. The second-order valence-corrected chi connectivity index (χ2v) is 4.26. The van der Waals surface area contributed by atoms with Gasteiger partial charge in [-0.25, -0.2) is 9.95 Å². The van der Waals surface area contributed by atoms with Crippen molar-refractivity contribution in [3.8, 4) is 0 Å². The molecule has 0 bridgehead atoms. The lowest BCUT2D eigenvalue weighted by atomic mass is 10.2. The maximum Gasteiger partial charge on any atom is 0.360 e. The molecule has 1 heterocycles. The molecule has 0 atom stereocenters. The van der Waals surface area contributed by atoms with Crippen LogP contribution in [0.15, 0.2) is 9.32 Å². The van der Waals surface area contributed by atoms with Gasteiger partial charge < -0.3 is 14.7 Å². The third kappa shape index (κ3) is 4.07. The minimum atomic E-state index is -0.497. The highest BCUT2D eigenvalue weighted by molar-refractivity contribution is 5.93. The van der Waals surface area contributed by atoms with E-state index < -0.39 is 5.63 Å². The molecule has 0 aliphatic heterocycles. The van der Waals surface area contributed by atoms with Crippen molar-refractivity contribution < 1.29 is 9.32 Å². The van der Waals surface area contributed by atoms with E-state index in [1.807, 2.05) is 14.1 Å². The molecule has 1 rings (SSSR count). The molecular formula is C11H19N3O3. The zero-order valence-electron chi connectivity index (χ0n) is 10.5. The van der Waals surface area contributed by atoms with E-state index in [9.17, 15) is 9.59 Å². The molecule has 0 fully saturated rings. The zero-order chi connectivity index (χ0) is 12.8. The van der Waals surface area contributed by atoms with E-state index >= 15 is 0 Å². The molecule has 0 unspecified atom stereocenters. The zero-order valence-corrected chi connectivity index (χ0v) is 10.5. The van der Waals surface area contributed by atoms with Gasteiger partial charge in [0.05, 0.1) is 5.56 Å². The van der Waals surface area contributed by atoms with Gasteiger partial charge in [0, 0.05) is 6.54 Å². The molecular weight excluding hydrogens is 222 g/mol. The third-order valence-corrected chi connectivity index (χ3v) is 2.47. The fourth-order valence-electron chi connectivity index (χ4n) is 1.41. The molecule has 0 spiro atoms. The fraction of sp³-hybridized carbons (Fsp3) is 0.636. The van der Waals surface area contributed by atoms with Crippen LogP contribution in [0.5, 0.6) is 0 Å². The van der Waals surface area contributed by atoms with Gasteiger partial charge in [0.25, 0.3) is 5.91 Å². The number of aromatic amines is 1. The van der Waals surface area contributed by atoms with Crippen LogP contribution >= 0.6 is 0 Å². The lowest BCUT2D eigenvalue weighted by Crippen LogP contribution is -2.26. The van der Waals surface area contributed by atoms with Crippen molar-refractivity contribution in [3.63, 3.8) is 0 Å². The maximum atomic E-state index is 11.6. The number of unbranched alkanes of at least 4 members (excludes halogenated alkanes) is 1. The topological polar surface area (TPSA) is 78.3 Å². The van der Waals surface area contributed by atoms with E-state index in [1.54, 1.807) is 6.92 Å². The van der Waals surface area contributed by atoms with Crippen molar-refractivity contribution in [1.82, 2.24) is 15.4 Å². The Kier molecular flexibility index (Phi) is 4.96. The quantitative estimate of drug-likeness (QED) is 0.704. The van der Waals surface area contributed by atoms with Gasteiger partial charge in [-0.05, 0) is 40.4 Å². The van der Waals surface area contributed by atoms with Crippen LogP contribution in [0.3, 0.4) is 0 Å². The van der Waals surface area contributed by atoms with Crippen molar-refractivity contribution in [1.29, 1.82) is 0 Å². The molecule has 0 aliphatic carbocycles. The number of aromatic nitrogens is 1. The summed E-state index contributed by atoms with van der Waals surface area (Å²) in [5, 5.41) is 5.06. The summed E-state index contributed by atoms with van der Waals surface area (Å²) in [4.78, 5) is 24.7. The molecule has 0 radical (unpaired) electrons. The Labute approximate surface area is 99.9 Å². The average Bonchev–Trinajstić information content (AvgIpc) is 2.59. The normalized spacial score (nSPS) is 10.8. The van der Waals surface area contributed by atoms with E-state index in [0.717, 1.165) is 19.4 Å². The number of nitrogens with zero attached hydrogens (tertiary/aromatic N) is 1. The smallest absolute Gasteiger partial charge is 0.351 e. The van der Waals surface area contributed by atoms with Crippen LogP contribution in [-0.2, 0) is 0 Å². The number of hydrogen-bond donors (Lipinski definition) is 2. The van der Waals surface area contributed by atoms with Gasteiger partial charge in [0.2, 0.25) is 0 Å². The van der Waals surface area contributed by atoms with Crippen molar-refractivity contribution in [2.45, 2.75) is 19.8 Å². The molecule has 1 aromatic rings. The number of carbonyl (C=O) groups is 1. The predicted molar refractivity (Wildman–Crippen MR) is 64.2 cm³/mol. The van der Waals surface area contributed by atoms with Gasteiger partial charge in [-0.1, -0.05) is 0 Å². The fourth-order valence-corrected chi connectivity index (χ4v) is 1.41. The Balaban J connectivity index is 2.31. The summed E-state index contributed by atoms with van der Waals surface area (Å²) in [6, 6.07) is 0. The van der Waals surface area contributed by atoms with Gasteiger partial charge in [-0.2, -0.15) is 0 Å². The SMILES string of the molecule is Cc1c(C(=O)NCCCCN(C)C)[nH]oc1=O. The number of hydrogen-bond acceptors (Lipinski definition) is 4. The summed E-state index contributed by atoms with van der Waals surface area (Å²) in [5.41, 5.74) is 0.0289. The van der Waals surface area contributed by atoms with Crippen molar-refractivity contribution in [2.75, 3.05) is 27.2 Å². The van der Waals surface area contributed by atoms with E-state index in [2.05, 4.69) is 19.9 Å². The molecule has 96 valence electrons. The summed E-state index contributed by atoms with van der Waals surface area (Å²) in [6.07, 6.45) is 1.93. The molecule has 0 aliphatic rings.